The maximum atomic E-state index is 14.8. The lowest BCUT2D eigenvalue weighted by Gasteiger charge is -2.40. The summed E-state index contributed by atoms with van der Waals surface area (Å²) in [4.78, 5) is 86.4. The summed E-state index contributed by atoms with van der Waals surface area (Å²) in [5.41, 5.74) is 5.10. The summed E-state index contributed by atoms with van der Waals surface area (Å²) >= 11 is 0. The van der Waals surface area contributed by atoms with Gasteiger partial charge in [0.25, 0.3) is 0 Å². The highest BCUT2D eigenvalue weighted by Gasteiger charge is 2.52. The highest BCUT2D eigenvalue weighted by Crippen LogP contribution is 2.32. The van der Waals surface area contributed by atoms with Crippen molar-refractivity contribution in [2.75, 3.05) is 39.5 Å². The Kier molecular flexibility index (Phi) is 17.6. The largest absolute Gasteiger partial charge is 0.379 e. The molecule has 2 saturated heterocycles. The monoisotopic (exact) mass is 818 g/mol. The molecule has 0 aromatic heterocycles. The van der Waals surface area contributed by atoms with Gasteiger partial charge in [-0.15, -0.1) is 0 Å². The van der Waals surface area contributed by atoms with Gasteiger partial charge in [-0.25, -0.2) is 0 Å². The fraction of sp³-hybridized carbons (Fsp3) is 0.600. The summed E-state index contributed by atoms with van der Waals surface area (Å²) in [6, 6.07) is 15.6. The topological polar surface area (TPSA) is 202 Å². The molecule has 5 amide bonds. The molecule has 2 aliphatic heterocycles. The zero-order valence-electron chi connectivity index (χ0n) is 35.7. The lowest BCUT2D eigenvalue weighted by atomic mass is 9.74. The Morgan fingerprint density at radius 1 is 0.780 bits per heavy atom. The van der Waals surface area contributed by atoms with Crippen molar-refractivity contribution in [3.8, 4) is 0 Å². The fourth-order valence-electron chi connectivity index (χ4n) is 7.74. The SMILES string of the molecule is CCCC(NC(=O)[C@H](CCc1ccccc1)NC(=O)CN1CCOCC1)(C(N)=O)[C@H](CC(C)C)C(=O)N[C@@H](Cc1ccccc1)C(=O)N[C@@H](CC(C)C)C(=O)[C@@]1(C)CO1. The Morgan fingerprint density at radius 2 is 1.36 bits per heavy atom. The van der Waals surface area contributed by atoms with Crippen molar-refractivity contribution in [3.05, 3.63) is 71.8 Å². The van der Waals surface area contributed by atoms with Crippen molar-refractivity contribution in [2.45, 2.75) is 116 Å². The number of nitrogens with one attached hydrogen (secondary N) is 4. The maximum Gasteiger partial charge on any atom is 0.244 e. The van der Waals surface area contributed by atoms with Crippen LogP contribution in [0.4, 0.5) is 0 Å². The minimum absolute atomic E-state index is 0.0190. The first kappa shape index (κ1) is 47.0. The molecule has 0 spiro atoms. The third-order valence-electron chi connectivity index (χ3n) is 11.1. The predicted octanol–water partition coefficient (Wildman–Crippen LogP) is 2.86. The van der Waals surface area contributed by atoms with Crippen LogP contribution in [0.5, 0.6) is 0 Å². The molecular formula is C45H66N6O8. The second-order valence-electron chi connectivity index (χ2n) is 17.1. The van der Waals surface area contributed by atoms with Crippen LogP contribution >= 0.6 is 0 Å². The average molecular weight is 819 g/mol. The lowest BCUT2D eigenvalue weighted by Crippen LogP contribution is -2.68. The summed E-state index contributed by atoms with van der Waals surface area (Å²) in [7, 11) is 0. The van der Waals surface area contributed by atoms with Gasteiger partial charge in [-0.2, -0.15) is 0 Å². The van der Waals surface area contributed by atoms with Crippen LogP contribution in [-0.2, 0) is 51.1 Å². The van der Waals surface area contributed by atoms with Crippen molar-refractivity contribution >= 4 is 35.3 Å². The van der Waals surface area contributed by atoms with E-state index in [1.165, 1.54) is 0 Å². The van der Waals surface area contributed by atoms with E-state index < -0.39 is 58.8 Å². The van der Waals surface area contributed by atoms with Gasteiger partial charge in [0.05, 0.1) is 38.3 Å². The molecule has 0 bridgehead atoms. The van der Waals surface area contributed by atoms with E-state index in [2.05, 4.69) is 21.3 Å². The molecule has 4 rings (SSSR count). The molecule has 2 fully saturated rings. The van der Waals surface area contributed by atoms with Gasteiger partial charge in [0.1, 0.15) is 23.2 Å². The molecule has 6 N–H and O–H groups in total. The molecule has 324 valence electrons. The number of hydrogen-bond acceptors (Lipinski definition) is 9. The lowest BCUT2D eigenvalue weighted by molar-refractivity contribution is -0.143. The summed E-state index contributed by atoms with van der Waals surface area (Å²) in [6.45, 7) is 13.7. The van der Waals surface area contributed by atoms with Crippen LogP contribution in [0.3, 0.4) is 0 Å². The molecular weight excluding hydrogens is 753 g/mol. The highest BCUT2D eigenvalue weighted by molar-refractivity contribution is 6.00. The predicted molar refractivity (Wildman–Crippen MR) is 225 cm³/mol. The van der Waals surface area contributed by atoms with Gasteiger partial charge in [-0.05, 0) is 62.0 Å². The van der Waals surface area contributed by atoms with Gasteiger partial charge < -0.3 is 36.5 Å². The van der Waals surface area contributed by atoms with Crippen molar-refractivity contribution < 1.29 is 38.2 Å². The Morgan fingerprint density at radius 3 is 1.90 bits per heavy atom. The second kappa shape index (κ2) is 22.1. The van der Waals surface area contributed by atoms with Crippen molar-refractivity contribution in [1.82, 2.24) is 26.2 Å². The van der Waals surface area contributed by atoms with Crippen LogP contribution in [0.25, 0.3) is 0 Å². The standard InChI is InChI=1S/C45H66N6O8/c1-7-20-45(43(46)57,50-42(56)35(19-18-32-14-10-8-11-15-32)47-38(52)28-51-21-23-58-24-22-51)34(25-30(2)3)40(54)49-37(27-33-16-12-9-13-17-33)41(55)48-36(26-31(4)5)39(53)44(6)29-59-44/h8-17,30-31,34-37H,7,18-29H2,1-6H3,(H2,46,57)(H,47,52)(H,48,55)(H,49,54)(H,50,56)/t34-,35+,36+,37+,44-,45?/m1/s1. The molecule has 0 saturated carbocycles. The number of benzene rings is 2. The van der Waals surface area contributed by atoms with E-state index in [9.17, 15) is 28.8 Å². The number of ketones is 1. The van der Waals surface area contributed by atoms with E-state index in [1.54, 1.807) is 6.92 Å². The summed E-state index contributed by atoms with van der Waals surface area (Å²) < 4.78 is 10.9. The molecule has 0 radical (unpaired) electrons. The zero-order valence-corrected chi connectivity index (χ0v) is 35.7. The van der Waals surface area contributed by atoms with E-state index in [0.717, 1.165) is 11.1 Å². The minimum Gasteiger partial charge on any atom is -0.379 e. The second-order valence-corrected chi connectivity index (χ2v) is 17.1. The quantitative estimate of drug-likeness (QED) is 0.0989. The van der Waals surface area contributed by atoms with Crippen LogP contribution in [0, 0.1) is 17.8 Å². The van der Waals surface area contributed by atoms with Gasteiger partial charge in [0.15, 0.2) is 5.78 Å². The molecule has 14 heteroatoms. The Labute approximate surface area is 349 Å². The third kappa shape index (κ3) is 14.0. The molecule has 2 aromatic rings. The molecule has 59 heavy (non-hydrogen) atoms. The Bertz CT molecular complexity index is 1710. The highest BCUT2D eigenvalue weighted by atomic mass is 16.6. The number of amides is 5. The number of morpholine rings is 1. The molecule has 0 aliphatic carbocycles. The normalized spacial score (nSPS) is 19.7. The van der Waals surface area contributed by atoms with E-state index >= 15 is 0 Å². The molecule has 2 heterocycles. The number of hydrogen-bond donors (Lipinski definition) is 5. The number of aryl methyl sites for hydroxylation is 1. The smallest absolute Gasteiger partial charge is 0.244 e. The molecule has 6 atom stereocenters. The summed E-state index contributed by atoms with van der Waals surface area (Å²) in [5.74, 6) is -4.64. The minimum atomic E-state index is -1.89. The first-order chi connectivity index (χ1) is 28.1. The van der Waals surface area contributed by atoms with Crippen LogP contribution in [0.1, 0.15) is 84.8 Å². The number of nitrogens with two attached hydrogens (primary N) is 1. The van der Waals surface area contributed by atoms with Gasteiger partial charge >= 0.3 is 0 Å². The van der Waals surface area contributed by atoms with Gasteiger partial charge in [0.2, 0.25) is 29.5 Å². The Hall–Kier alpha value is -4.66. The summed E-state index contributed by atoms with van der Waals surface area (Å²) in [6.07, 6.45) is 1.65. The van der Waals surface area contributed by atoms with E-state index in [4.69, 9.17) is 15.2 Å². The molecule has 2 aromatic carbocycles. The van der Waals surface area contributed by atoms with Crippen LogP contribution < -0.4 is 27.0 Å². The number of ether oxygens (including phenoxy) is 2. The molecule has 2 aliphatic rings. The first-order valence-electron chi connectivity index (χ1n) is 21.1. The third-order valence-corrected chi connectivity index (χ3v) is 11.1. The van der Waals surface area contributed by atoms with Gasteiger partial charge in [-0.3, -0.25) is 33.7 Å². The number of nitrogens with zero attached hydrogens (tertiary/aromatic N) is 1. The van der Waals surface area contributed by atoms with E-state index in [1.807, 2.05) is 100 Å². The molecule has 1 unspecified atom stereocenters. The van der Waals surface area contributed by atoms with Crippen molar-refractivity contribution in [3.63, 3.8) is 0 Å². The van der Waals surface area contributed by atoms with Crippen LogP contribution in [-0.4, -0.2) is 109 Å². The van der Waals surface area contributed by atoms with Crippen LogP contribution in [0.2, 0.25) is 0 Å². The van der Waals surface area contributed by atoms with Crippen molar-refractivity contribution in [2.24, 2.45) is 23.5 Å². The fourth-order valence-corrected chi connectivity index (χ4v) is 7.74. The van der Waals surface area contributed by atoms with Gasteiger partial charge in [0, 0.05) is 19.5 Å². The number of carbonyl (C=O) groups is 6. The Balaban J connectivity index is 1.66. The number of Topliss-reactive ketones (excluding diaryl/α,β-unsaturated/α-hetero) is 1. The van der Waals surface area contributed by atoms with E-state index in [-0.39, 0.29) is 62.4 Å². The average Bonchev–Trinajstić information content (AvgIpc) is 3.96. The first-order valence-corrected chi connectivity index (χ1v) is 21.1. The number of primary amides is 1. The zero-order chi connectivity index (χ0) is 43.2. The number of carbonyl (C=O) groups excluding carboxylic acids is 6. The maximum absolute atomic E-state index is 14.8. The van der Waals surface area contributed by atoms with E-state index in [0.29, 0.717) is 45.6 Å². The molecule has 14 nitrogen and oxygen atoms in total. The van der Waals surface area contributed by atoms with Crippen molar-refractivity contribution in [1.29, 1.82) is 0 Å². The number of epoxide rings is 1. The van der Waals surface area contributed by atoms with Gasteiger partial charge in [-0.1, -0.05) is 102 Å². The summed E-state index contributed by atoms with van der Waals surface area (Å²) in [5, 5.41) is 11.7. The number of rotatable bonds is 24. The van der Waals surface area contributed by atoms with Crippen LogP contribution in [0.15, 0.2) is 60.7 Å².